The van der Waals surface area contributed by atoms with Crippen LogP contribution in [0.2, 0.25) is 0 Å². The van der Waals surface area contributed by atoms with Crippen molar-refractivity contribution in [1.82, 2.24) is 15.3 Å². The maximum atomic E-state index is 12.2. The van der Waals surface area contributed by atoms with Crippen LogP contribution in [0.25, 0.3) is 0 Å². The second-order valence-corrected chi connectivity index (χ2v) is 5.58. The van der Waals surface area contributed by atoms with E-state index in [2.05, 4.69) is 20.6 Å². The minimum absolute atomic E-state index is 0.268. The number of carbonyl (C=O) groups is 1. The summed E-state index contributed by atoms with van der Waals surface area (Å²) >= 11 is 0. The fourth-order valence-electron chi connectivity index (χ4n) is 2.22. The molecule has 2 aromatic rings. The van der Waals surface area contributed by atoms with Crippen LogP contribution < -0.4 is 20.1 Å². The first-order valence-corrected chi connectivity index (χ1v) is 7.77. The zero-order valence-electron chi connectivity index (χ0n) is 13.7. The molecule has 3 rings (SSSR count). The van der Waals surface area contributed by atoms with Gasteiger partial charge in [0, 0.05) is 12.6 Å². The van der Waals surface area contributed by atoms with Crippen LogP contribution in [0.5, 0.6) is 11.5 Å². The number of nitrogens with zero attached hydrogens (tertiary/aromatic N) is 2. The van der Waals surface area contributed by atoms with Gasteiger partial charge < -0.3 is 20.1 Å². The number of ether oxygens (including phenoxy) is 2. The number of hydrogen-bond donors (Lipinski definition) is 2. The normalized spacial score (nSPS) is 13.2. The Kier molecular flexibility index (Phi) is 4.79. The maximum absolute atomic E-state index is 12.2. The average molecular weight is 328 g/mol. The molecule has 7 heteroatoms. The van der Waals surface area contributed by atoms with Crippen LogP contribution >= 0.6 is 0 Å². The van der Waals surface area contributed by atoms with Crippen molar-refractivity contribution in [2.24, 2.45) is 0 Å². The van der Waals surface area contributed by atoms with Crippen molar-refractivity contribution in [1.29, 1.82) is 0 Å². The number of benzene rings is 1. The zero-order valence-corrected chi connectivity index (χ0v) is 13.7. The Morgan fingerprint density at radius 2 is 1.96 bits per heavy atom. The zero-order chi connectivity index (χ0) is 16.9. The van der Waals surface area contributed by atoms with Crippen LogP contribution in [-0.4, -0.2) is 36.1 Å². The third-order valence-corrected chi connectivity index (χ3v) is 3.71. The Balaban J connectivity index is 1.58. The summed E-state index contributed by atoms with van der Waals surface area (Å²) in [6.07, 6.45) is 5.39. The van der Waals surface area contributed by atoms with Crippen molar-refractivity contribution in [3.8, 4) is 11.5 Å². The minimum Gasteiger partial charge on any atom is -0.493 e. The summed E-state index contributed by atoms with van der Waals surface area (Å²) in [5.74, 6) is 1.71. The molecule has 24 heavy (non-hydrogen) atoms. The second kappa shape index (κ2) is 7.16. The van der Waals surface area contributed by atoms with Gasteiger partial charge in [0.2, 0.25) is 0 Å². The van der Waals surface area contributed by atoms with Crippen LogP contribution in [0.15, 0.2) is 30.6 Å². The summed E-state index contributed by atoms with van der Waals surface area (Å²) in [5, 5.41) is 6.05. The lowest BCUT2D eigenvalue weighted by molar-refractivity contribution is 0.0945. The first-order valence-electron chi connectivity index (χ1n) is 7.77. The highest BCUT2D eigenvalue weighted by Gasteiger charge is 2.21. The number of rotatable bonds is 7. The summed E-state index contributed by atoms with van der Waals surface area (Å²) < 4.78 is 10.4. The first kappa shape index (κ1) is 16.0. The van der Waals surface area contributed by atoms with Crippen LogP contribution in [0, 0.1) is 0 Å². The van der Waals surface area contributed by atoms with Gasteiger partial charge in [0.25, 0.3) is 5.91 Å². The lowest BCUT2D eigenvalue weighted by Gasteiger charge is -2.10. The van der Waals surface area contributed by atoms with E-state index in [9.17, 15) is 4.79 Å². The molecular formula is C17H20N4O3. The Morgan fingerprint density at radius 1 is 1.17 bits per heavy atom. The number of anilines is 1. The number of methoxy groups -OCH3 is 2. The van der Waals surface area contributed by atoms with Crippen molar-refractivity contribution in [3.05, 3.63) is 41.9 Å². The highest BCUT2D eigenvalue weighted by atomic mass is 16.5. The van der Waals surface area contributed by atoms with E-state index in [1.807, 2.05) is 12.1 Å². The van der Waals surface area contributed by atoms with Gasteiger partial charge in [-0.1, -0.05) is 6.07 Å². The summed E-state index contributed by atoms with van der Waals surface area (Å²) in [6, 6.07) is 6.01. The quantitative estimate of drug-likeness (QED) is 0.808. The van der Waals surface area contributed by atoms with E-state index in [-0.39, 0.29) is 11.6 Å². The largest absolute Gasteiger partial charge is 0.493 e. The summed E-state index contributed by atoms with van der Waals surface area (Å²) in [4.78, 5) is 20.5. The molecule has 0 unspecified atom stereocenters. The molecule has 1 amide bonds. The standard InChI is InChI=1S/C17H20N4O3/c1-23-14-6-3-11(7-15(14)24-2)8-20-17(22)13-9-19-16(10-18-13)21-12-4-5-12/h3,6-7,9-10,12H,4-5,8H2,1-2H3,(H,19,21)(H,20,22). The van der Waals surface area contributed by atoms with Crippen LogP contribution in [0.4, 0.5) is 5.82 Å². The van der Waals surface area contributed by atoms with Gasteiger partial charge in [0.1, 0.15) is 11.5 Å². The molecule has 1 saturated carbocycles. The monoisotopic (exact) mass is 328 g/mol. The number of nitrogens with one attached hydrogen (secondary N) is 2. The lowest BCUT2D eigenvalue weighted by Crippen LogP contribution is -2.24. The third-order valence-electron chi connectivity index (χ3n) is 3.71. The molecule has 1 aromatic carbocycles. The molecule has 0 radical (unpaired) electrons. The average Bonchev–Trinajstić information content (AvgIpc) is 3.44. The molecule has 0 saturated heterocycles. The highest BCUT2D eigenvalue weighted by molar-refractivity contribution is 5.91. The molecule has 1 aliphatic carbocycles. The van der Waals surface area contributed by atoms with Crippen molar-refractivity contribution in [2.45, 2.75) is 25.4 Å². The van der Waals surface area contributed by atoms with Crippen molar-refractivity contribution >= 4 is 11.7 Å². The molecule has 1 aliphatic rings. The van der Waals surface area contributed by atoms with Gasteiger partial charge in [0.05, 0.1) is 26.6 Å². The van der Waals surface area contributed by atoms with E-state index in [4.69, 9.17) is 9.47 Å². The van der Waals surface area contributed by atoms with E-state index < -0.39 is 0 Å². The fraction of sp³-hybridized carbons (Fsp3) is 0.353. The van der Waals surface area contributed by atoms with Gasteiger partial charge in [0.15, 0.2) is 11.5 Å². The Bertz CT molecular complexity index is 714. The Labute approximate surface area is 140 Å². The van der Waals surface area contributed by atoms with E-state index >= 15 is 0 Å². The molecule has 0 aliphatic heterocycles. The van der Waals surface area contributed by atoms with Gasteiger partial charge in [-0.3, -0.25) is 4.79 Å². The molecule has 0 atom stereocenters. The molecule has 7 nitrogen and oxygen atoms in total. The highest BCUT2D eigenvalue weighted by Crippen LogP contribution is 2.27. The lowest BCUT2D eigenvalue weighted by atomic mass is 10.2. The number of carbonyl (C=O) groups excluding carboxylic acids is 1. The van der Waals surface area contributed by atoms with E-state index in [0.717, 1.165) is 18.4 Å². The minimum atomic E-state index is -0.268. The summed E-state index contributed by atoms with van der Waals surface area (Å²) in [6.45, 7) is 0.364. The van der Waals surface area contributed by atoms with Crippen LogP contribution in [0.3, 0.4) is 0 Å². The maximum Gasteiger partial charge on any atom is 0.271 e. The molecule has 1 fully saturated rings. The number of aromatic nitrogens is 2. The fourth-order valence-corrected chi connectivity index (χ4v) is 2.22. The third kappa shape index (κ3) is 3.92. The Hall–Kier alpha value is -2.83. The molecule has 2 N–H and O–H groups in total. The van der Waals surface area contributed by atoms with Gasteiger partial charge in [-0.15, -0.1) is 0 Å². The first-order chi connectivity index (χ1) is 11.7. The molecule has 1 aromatic heterocycles. The number of amides is 1. The smallest absolute Gasteiger partial charge is 0.271 e. The van der Waals surface area contributed by atoms with E-state index in [1.54, 1.807) is 26.5 Å². The molecule has 126 valence electrons. The second-order valence-electron chi connectivity index (χ2n) is 5.58. The molecule has 0 spiro atoms. The molecule has 1 heterocycles. The van der Waals surface area contributed by atoms with Crippen LogP contribution in [-0.2, 0) is 6.54 Å². The predicted octanol–water partition coefficient (Wildman–Crippen LogP) is 2.00. The van der Waals surface area contributed by atoms with Crippen molar-refractivity contribution in [2.75, 3.05) is 19.5 Å². The topological polar surface area (TPSA) is 85.4 Å². The molecular weight excluding hydrogens is 308 g/mol. The summed E-state index contributed by atoms with van der Waals surface area (Å²) in [7, 11) is 3.16. The summed E-state index contributed by atoms with van der Waals surface area (Å²) in [5.41, 5.74) is 1.19. The van der Waals surface area contributed by atoms with Gasteiger partial charge in [-0.25, -0.2) is 9.97 Å². The van der Waals surface area contributed by atoms with Gasteiger partial charge in [-0.05, 0) is 30.5 Å². The SMILES string of the molecule is COc1ccc(CNC(=O)c2cnc(NC3CC3)cn2)cc1OC. The van der Waals surface area contributed by atoms with Gasteiger partial charge >= 0.3 is 0 Å². The Morgan fingerprint density at radius 3 is 2.58 bits per heavy atom. The van der Waals surface area contributed by atoms with E-state index in [0.29, 0.717) is 29.9 Å². The van der Waals surface area contributed by atoms with Crippen molar-refractivity contribution < 1.29 is 14.3 Å². The van der Waals surface area contributed by atoms with Gasteiger partial charge in [-0.2, -0.15) is 0 Å². The molecule has 0 bridgehead atoms. The van der Waals surface area contributed by atoms with Crippen LogP contribution in [0.1, 0.15) is 28.9 Å². The van der Waals surface area contributed by atoms with Crippen molar-refractivity contribution in [3.63, 3.8) is 0 Å². The van der Waals surface area contributed by atoms with E-state index in [1.165, 1.54) is 6.20 Å². The predicted molar refractivity (Wildman–Crippen MR) is 89.4 cm³/mol. The number of hydrogen-bond acceptors (Lipinski definition) is 6.